The van der Waals surface area contributed by atoms with Crippen LogP contribution < -0.4 is 0 Å². The quantitative estimate of drug-likeness (QED) is 0.229. The van der Waals surface area contributed by atoms with Gasteiger partial charge in [0, 0.05) is 17.6 Å². The zero-order chi connectivity index (χ0) is 22.0. The lowest BCUT2D eigenvalue weighted by atomic mass is 9.56. The summed E-state index contributed by atoms with van der Waals surface area (Å²) in [7, 11) is 0. The van der Waals surface area contributed by atoms with Crippen molar-refractivity contribution in [3.8, 4) is 0 Å². The standard InChI is InChI=1S/C21H30O9/c1-9-11-6-12-10(2)18(26)30-21(12,27)8-20(11,3)5-4-13(9)28-19-17(25)16(24)15(23)14(7-22)29-19/h11,13-17,19,22-25,27H,1,4-8H2,2-3H3. The molecule has 168 valence electrons. The summed E-state index contributed by atoms with van der Waals surface area (Å²) in [5.74, 6) is -2.16. The van der Waals surface area contributed by atoms with Gasteiger partial charge in [0.2, 0.25) is 5.79 Å². The average Bonchev–Trinajstić information content (AvgIpc) is 2.90. The maximum absolute atomic E-state index is 12.0. The number of carbonyl (C=O) groups excluding carboxylic acids is 1. The van der Waals surface area contributed by atoms with Crippen LogP contribution in [0.4, 0.5) is 0 Å². The topological polar surface area (TPSA) is 146 Å². The van der Waals surface area contributed by atoms with Gasteiger partial charge >= 0.3 is 5.97 Å². The molecule has 5 N–H and O–H groups in total. The second kappa shape index (κ2) is 7.37. The smallest absolute Gasteiger partial charge is 0.336 e. The number of aliphatic hydroxyl groups is 5. The van der Waals surface area contributed by atoms with E-state index in [0.717, 1.165) is 5.57 Å². The predicted molar refractivity (Wildman–Crippen MR) is 102 cm³/mol. The van der Waals surface area contributed by atoms with Crippen LogP contribution in [0.2, 0.25) is 0 Å². The molecule has 30 heavy (non-hydrogen) atoms. The van der Waals surface area contributed by atoms with E-state index in [-0.39, 0.29) is 17.8 Å². The molecule has 0 spiro atoms. The Morgan fingerprint density at radius 2 is 1.93 bits per heavy atom. The van der Waals surface area contributed by atoms with Gasteiger partial charge in [-0.25, -0.2) is 4.79 Å². The summed E-state index contributed by atoms with van der Waals surface area (Å²) in [4.78, 5) is 12.0. The predicted octanol–water partition coefficient (Wildman–Crippen LogP) is -0.500. The largest absolute Gasteiger partial charge is 0.426 e. The van der Waals surface area contributed by atoms with Gasteiger partial charge in [0.15, 0.2) is 6.29 Å². The molecule has 0 aromatic heterocycles. The zero-order valence-corrected chi connectivity index (χ0v) is 17.2. The van der Waals surface area contributed by atoms with Crippen LogP contribution in [-0.4, -0.2) is 80.7 Å². The molecule has 1 saturated heterocycles. The monoisotopic (exact) mass is 426 g/mol. The first-order chi connectivity index (χ1) is 14.0. The second-order valence-corrected chi connectivity index (χ2v) is 9.30. The lowest BCUT2D eigenvalue weighted by Crippen LogP contribution is -2.60. The molecule has 2 aliphatic carbocycles. The summed E-state index contributed by atoms with van der Waals surface area (Å²) in [6.07, 6.45) is -5.34. The van der Waals surface area contributed by atoms with E-state index >= 15 is 0 Å². The summed E-state index contributed by atoms with van der Waals surface area (Å²) in [5.41, 5.74) is 1.39. The summed E-state index contributed by atoms with van der Waals surface area (Å²) < 4.78 is 16.7. The van der Waals surface area contributed by atoms with Gasteiger partial charge in [0.1, 0.15) is 24.4 Å². The summed E-state index contributed by atoms with van der Waals surface area (Å²) in [5, 5.41) is 50.5. The normalized spacial score (nSPS) is 49.0. The molecule has 9 nitrogen and oxygen atoms in total. The summed E-state index contributed by atoms with van der Waals surface area (Å²) in [6.45, 7) is 7.36. The van der Waals surface area contributed by atoms with Crippen molar-refractivity contribution >= 4 is 5.97 Å². The van der Waals surface area contributed by atoms with Crippen LogP contribution in [0, 0.1) is 11.3 Å². The van der Waals surface area contributed by atoms with Crippen molar-refractivity contribution in [2.75, 3.05) is 6.61 Å². The molecule has 9 atom stereocenters. The highest BCUT2D eigenvalue weighted by Crippen LogP contribution is 2.59. The Morgan fingerprint density at radius 3 is 2.60 bits per heavy atom. The van der Waals surface area contributed by atoms with Crippen molar-refractivity contribution in [3.05, 3.63) is 23.3 Å². The minimum Gasteiger partial charge on any atom is -0.426 e. The number of fused-ring (bicyclic) bond motifs is 2. The molecule has 4 aliphatic rings. The number of esters is 1. The molecule has 2 saturated carbocycles. The Hall–Kier alpha value is -1.33. The van der Waals surface area contributed by atoms with Crippen LogP contribution in [0.5, 0.6) is 0 Å². The van der Waals surface area contributed by atoms with E-state index < -0.39 is 55.2 Å². The third-order valence-corrected chi connectivity index (χ3v) is 7.37. The lowest BCUT2D eigenvalue weighted by Gasteiger charge is -2.53. The highest BCUT2D eigenvalue weighted by molar-refractivity contribution is 5.92. The minimum absolute atomic E-state index is 0.0825. The van der Waals surface area contributed by atoms with Crippen molar-refractivity contribution in [2.24, 2.45) is 11.3 Å². The number of carbonyl (C=O) groups is 1. The van der Waals surface area contributed by atoms with Crippen LogP contribution in [0.1, 0.15) is 39.5 Å². The molecule has 0 amide bonds. The van der Waals surface area contributed by atoms with Gasteiger partial charge in [-0.15, -0.1) is 0 Å². The summed E-state index contributed by atoms with van der Waals surface area (Å²) >= 11 is 0. The van der Waals surface area contributed by atoms with E-state index in [0.29, 0.717) is 30.4 Å². The Balaban J connectivity index is 1.53. The van der Waals surface area contributed by atoms with Crippen molar-refractivity contribution in [2.45, 2.75) is 82.1 Å². The van der Waals surface area contributed by atoms with Gasteiger partial charge in [-0.3, -0.25) is 0 Å². The van der Waals surface area contributed by atoms with Crippen LogP contribution in [0.25, 0.3) is 0 Å². The Labute approximate surface area is 174 Å². The fourth-order valence-corrected chi connectivity index (χ4v) is 5.49. The molecule has 2 heterocycles. The SMILES string of the molecule is C=C1C(OC2OC(CO)C(O)C(O)C2O)CCC2(C)CC3(O)OC(=O)C(C)=C3CC12. The molecule has 2 aliphatic heterocycles. The first-order valence-electron chi connectivity index (χ1n) is 10.3. The van der Waals surface area contributed by atoms with E-state index in [1.807, 2.05) is 6.92 Å². The van der Waals surface area contributed by atoms with Gasteiger partial charge in [0.05, 0.1) is 12.7 Å². The zero-order valence-electron chi connectivity index (χ0n) is 17.2. The van der Waals surface area contributed by atoms with Crippen molar-refractivity contribution < 1.29 is 44.5 Å². The van der Waals surface area contributed by atoms with Gasteiger partial charge < -0.3 is 39.7 Å². The number of ether oxygens (including phenoxy) is 3. The van der Waals surface area contributed by atoms with E-state index in [1.54, 1.807) is 6.92 Å². The third-order valence-electron chi connectivity index (χ3n) is 7.37. The highest BCUT2D eigenvalue weighted by atomic mass is 16.7. The molecule has 0 aromatic carbocycles. The maximum atomic E-state index is 12.0. The number of aliphatic hydroxyl groups excluding tert-OH is 4. The first-order valence-corrected chi connectivity index (χ1v) is 10.3. The molecule has 9 heteroatoms. The second-order valence-electron chi connectivity index (χ2n) is 9.30. The van der Waals surface area contributed by atoms with Crippen LogP contribution in [-0.2, 0) is 19.0 Å². The van der Waals surface area contributed by atoms with Gasteiger partial charge in [-0.1, -0.05) is 13.5 Å². The third kappa shape index (κ3) is 3.24. The molecular weight excluding hydrogens is 396 g/mol. The molecule has 3 fully saturated rings. The Bertz CT molecular complexity index is 776. The number of hydrogen-bond donors (Lipinski definition) is 5. The van der Waals surface area contributed by atoms with Crippen LogP contribution in [0.15, 0.2) is 23.3 Å². The lowest BCUT2D eigenvalue weighted by molar-refractivity contribution is -0.311. The molecule has 9 unspecified atom stereocenters. The van der Waals surface area contributed by atoms with Crippen LogP contribution in [0.3, 0.4) is 0 Å². The van der Waals surface area contributed by atoms with Crippen molar-refractivity contribution in [3.63, 3.8) is 0 Å². The average molecular weight is 426 g/mol. The molecule has 0 radical (unpaired) electrons. The number of hydrogen-bond acceptors (Lipinski definition) is 9. The molecule has 0 aromatic rings. The van der Waals surface area contributed by atoms with E-state index in [1.165, 1.54) is 0 Å². The van der Waals surface area contributed by atoms with E-state index in [9.17, 15) is 30.3 Å². The fraction of sp³-hybridized carbons (Fsp3) is 0.762. The van der Waals surface area contributed by atoms with Crippen LogP contribution >= 0.6 is 0 Å². The molecule has 4 rings (SSSR count). The van der Waals surface area contributed by atoms with Crippen molar-refractivity contribution in [1.82, 2.24) is 0 Å². The Kier molecular flexibility index (Phi) is 5.38. The maximum Gasteiger partial charge on any atom is 0.336 e. The van der Waals surface area contributed by atoms with E-state index in [4.69, 9.17) is 14.2 Å². The summed E-state index contributed by atoms with van der Waals surface area (Å²) in [6, 6.07) is 0. The van der Waals surface area contributed by atoms with Gasteiger partial charge in [-0.2, -0.15) is 0 Å². The number of rotatable bonds is 3. The van der Waals surface area contributed by atoms with Gasteiger partial charge in [-0.05, 0) is 43.1 Å². The Morgan fingerprint density at radius 1 is 1.23 bits per heavy atom. The highest BCUT2D eigenvalue weighted by Gasteiger charge is 2.58. The molecule has 0 bridgehead atoms. The van der Waals surface area contributed by atoms with Crippen molar-refractivity contribution in [1.29, 1.82) is 0 Å². The first kappa shape index (κ1) is 21.9. The fourth-order valence-electron chi connectivity index (χ4n) is 5.49. The minimum atomic E-state index is -1.57. The van der Waals surface area contributed by atoms with E-state index in [2.05, 4.69) is 6.58 Å². The molecular formula is C21H30O9. The van der Waals surface area contributed by atoms with Gasteiger partial charge in [0.25, 0.3) is 0 Å².